The van der Waals surface area contributed by atoms with E-state index in [1.54, 1.807) is 12.1 Å². The Morgan fingerprint density at radius 3 is 2.30 bits per heavy atom. The minimum atomic E-state index is -0.0717. The summed E-state index contributed by atoms with van der Waals surface area (Å²) in [6.45, 7) is 4.62. The molecule has 1 N–H and O–H groups in total. The number of hydrogen-bond donors (Lipinski definition) is 1. The van der Waals surface area contributed by atoms with Crippen LogP contribution in [0.15, 0.2) is 48.5 Å². The number of benzene rings is 2. The molecule has 6 nitrogen and oxygen atoms in total. The fraction of sp³-hybridized carbons (Fsp3) is 0.391. The van der Waals surface area contributed by atoms with Crippen LogP contribution in [-0.2, 0) is 16.0 Å². The van der Waals surface area contributed by atoms with E-state index in [-0.39, 0.29) is 11.8 Å². The Bertz CT molecular complexity index is 912. The van der Waals surface area contributed by atoms with Gasteiger partial charge in [0.15, 0.2) is 0 Å². The lowest BCUT2D eigenvalue weighted by Gasteiger charge is -2.36. The highest BCUT2D eigenvalue weighted by Crippen LogP contribution is 2.27. The van der Waals surface area contributed by atoms with Crippen LogP contribution in [0.25, 0.3) is 0 Å². The summed E-state index contributed by atoms with van der Waals surface area (Å²) < 4.78 is 0. The van der Waals surface area contributed by atoms with Crippen molar-refractivity contribution in [3.63, 3.8) is 0 Å². The van der Waals surface area contributed by atoms with Crippen molar-refractivity contribution in [2.24, 2.45) is 0 Å². The molecule has 7 heteroatoms. The monoisotopic (exact) mass is 426 g/mol. The molecule has 158 valence electrons. The third-order valence-corrected chi connectivity index (χ3v) is 6.08. The molecule has 4 rings (SSSR count). The summed E-state index contributed by atoms with van der Waals surface area (Å²) in [5, 5.41) is 3.40. The highest BCUT2D eigenvalue weighted by molar-refractivity contribution is 6.33. The average molecular weight is 427 g/mol. The van der Waals surface area contributed by atoms with Crippen LogP contribution < -0.4 is 10.2 Å². The van der Waals surface area contributed by atoms with Gasteiger partial charge in [0.25, 0.3) is 0 Å². The van der Waals surface area contributed by atoms with E-state index in [2.05, 4.69) is 21.2 Å². The summed E-state index contributed by atoms with van der Waals surface area (Å²) in [6.07, 6.45) is 2.05. The van der Waals surface area contributed by atoms with E-state index >= 15 is 0 Å². The van der Waals surface area contributed by atoms with Gasteiger partial charge >= 0.3 is 0 Å². The maximum Gasteiger partial charge on any atom is 0.241 e. The molecule has 1 saturated heterocycles. The molecule has 2 heterocycles. The molecule has 2 aliphatic rings. The second-order valence-corrected chi connectivity index (χ2v) is 8.27. The summed E-state index contributed by atoms with van der Waals surface area (Å²) in [6, 6.07) is 15.4. The minimum absolute atomic E-state index is 0.0717. The molecule has 0 saturated carbocycles. The normalized spacial score (nSPS) is 17.4. The standard InChI is InChI=1S/C23H27ClN4O2/c24-19-8-2-3-9-20(19)25-22(29)16-26-12-14-27(15-13-26)17-23(30)28-11-5-7-18-6-1-4-10-21(18)28/h1-4,6,8-10H,5,7,11-17H2,(H,25,29). The molecule has 0 bridgehead atoms. The Kier molecular flexibility index (Phi) is 6.67. The van der Waals surface area contributed by atoms with Crippen LogP contribution in [0, 0.1) is 0 Å². The van der Waals surface area contributed by atoms with Gasteiger partial charge in [0.1, 0.15) is 0 Å². The Labute approximate surface area is 182 Å². The fourth-order valence-electron chi connectivity index (χ4n) is 4.13. The zero-order valence-corrected chi connectivity index (χ0v) is 17.8. The van der Waals surface area contributed by atoms with Gasteiger partial charge in [-0.25, -0.2) is 0 Å². The summed E-state index contributed by atoms with van der Waals surface area (Å²) in [7, 11) is 0. The SMILES string of the molecule is O=C(CN1CCN(CC(=O)N2CCCc3ccccc32)CC1)Nc1ccccc1Cl. The van der Waals surface area contributed by atoms with Gasteiger partial charge in [-0.15, -0.1) is 0 Å². The lowest BCUT2D eigenvalue weighted by Crippen LogP contribution is -2.52. The van der Waals surface area contributed by atoms with Crippen molar-refractivity contribution in [1.29, 1.82) is 0 Å². The van der Waals surface area contributed by atoms with Crippen molar-refractivity contribution in [2.45, 2.75) is 12.8 Å². The quantitative estimate of drug-likeness (QED) is 0.798. The smallest absolute Gasteiger partial charge is 0.241 e. The first-order valence-electron chi connectivity index (χ1n) is 10.5. The number of carbonyl (C=O) groups excluding carboxylic acids is 2. The van der Waals surface area contributed by atoms with E-state index in [4.69, 9.17) is 11.6 Å². The van der Waals surface area contributed by atoms with E-state index in [0.717, 1.165) is 51.3 Å². The topological polar surface area (TPSA) is 55.9 Å². The number of rotatable bonds is 5. The maximum absolute atomic E-state index is 12.9. The predicted molar refractivity (Wildman–Crippen MR) is 120 cm³/mol. The fourth-order valence-corrected chi connectivity index (χ4v) is 4.31. The van der Waals surface area contributed by atoms with Crippen molar-refractivity contribution in [3.8, 4) is 0 Å². The Hall–Kier alpha value is -2.41. The van der Waals surface area contributed by atoms with Gasteiger partial charge in [0.2, 0.25) is 11.8 Å². The van der Waals surface area contributed by atoms with E-state index in [1.165, 1.54) is 5.56 Å². The van der Waals surface area contributed by atoms with Gasteiger partial charge in [-0.3, -0.25) is 19.4 Å². The number of carbonyl (C=O) groups is 2. The number of hydrogen-bond acceptors (Lipinski definition) is 4. The molecule has 30 heavy (non-hydrogen) atoms. The van der Waals surface area contributed by atoms with Crippen molar-refractivity contribution in [1.82, 2.24) is 9.80 Å². The maximum atomic E-state index is 12.9. The summed E-state index contributed by atoms with van der Waals surface area (Å²) in [5.41, 5.74) is 2.95. The summed E-state index contributed by atoms with van der Waals surface area (Å²) in [5.74, 6) is 0.0876. The van der Waals surface area contributed by atoms with Crippen LogP contribution in [-0.4, -0.2) is 67.4 Å². The lowest BCUT2D eigenvalue weighted by molar-refractivity contribution is -0.121. The number of aryl methyl sites for hydroxylation is 1. The molecule has 0 radical (unpaired) electrons. The lowest BCUT2D eigenvalue weighted by atomic mass is 10.0. The van der Waals surface area contributed by atoms with Crippen LogP contribution in [0.1, 0.15) is 12.0 Å². The zero-order valence-electron chi connectivity index (χ0n) is 17.0. The molecule has 1 fully saturated rings. The van der Waals surface area contributed by atoms with Crippen LogP contribution in [0.3, 0.4) is 0 Å². The Morgan fingerprint density at radius 2 is 1.53 bits per heavy atom. The largest absolute Gasteiger partial charge is 0.324 e. The van der Waals surface area contributed by atoms with Crippen molar-refractivity contribution in [3.05, 3.63) is 59.1 Å². The van der Waals surface area contributed by atoms with Crippen LogP contribution in [0.4, 0.5) is 11.4 Å². The molecule has 0 spiro atoms. The molecule has 2 aromatic carbocycles. The van der Waals surface area contributed by atoms with Gasteiger partial charge in [-0.2, -0.15) is 0 Å². The van der Waals surface area contributed by atoms with Gasteiger partial charge in [0.05, 0.1) is 23.8 Å². The third kappa shape index (κ3) is 5.01. The Balaban J connectivity index is 1.25. The van der Waals surface area contributed by atoms with Crippen LogP contribution in [0.5, 0.6) is 0 Å². The highest BCUT2D eigenvalue weighted by atomic mass is 35.5. The first kappa shape index (κ1) is 20.8. The van der Waals surface area contributed by atoms with Gasteiger partial charge < -0.3 is 10.2 Å². The number of piperazine rings is 1. The molecule has 0 unspecified atom stereocenters. The summed E-state index contributed by atoms with van der Waals surface area (Å²) >= 11 is 6.10. The molecule has 2 aromatic rings. The van der Waals surface area contributed by atoms with Crippen LogP contribution >= 0.6 is 11.6 Å². The number of nitrogens with zero attached hydrogens (tertiary/aromatic N) is 3. The number of nitrogens with one attached hydrogen (secondary N) is 1. The highest BCUT2D eigenvalue weighted by Gasteiger charge is 2.26. The Morgan fingerprint density at radius 1 is 0.867 bits per heavy atom. The van der Waals surface area contributed by atoms with Crippen molar-refractivity contribution >= 4 is 34.8 Å². The van der Waals surface area contributed by atoms with Gasteiger partial charge in [0, 0.05) is 38.4 Å². The molecule has 2 amide bonds. The molecule has 0 atom stereocenters. The molecule has 0 aliphatic carbocycles. The van der Waals surface area contributed by atoms with E-state index < -0.39 is 0 Å². The number of amides is 2. The number of halogens is 1. The number of anilines is 2. The molecular weight excluding hydrogens is 400 g/mol. The first-order chi connectivity index (χ1) is 14.6. The first-order valence-corrected chi connectivity index (χ1v) is 10.9. The van der Waals surface area contributed by atoms with E-state index in [1.807, 2.05) is 35.2 Å². The van der Waals surface area contributed by atoms with Gasteiger partial charge in [-0.05, 0) is 36.6 Å². The number of fused-ring (bicyclic) bond motifs is 1. The van der Waals surface area contributed by atoms with Gasteiger partial charge in [-0.1, -0.05) is 41.9 Å². The van der Waals surface area contributed by atoms with E-state index in [0.29, 0.717) is 23.8 Å². The van der Waals surface area contributed by atoms with E-state index in [9.17, 15) is 9.59 Å². The van der Waals surface area contributed by atoms with Crippen molar-refractivity contribution < 1.29 is 9.59 Å². The molecule has 0 aromatic heterocycles. The number of para-hydroxylation sites is 2. The van der Waals surface area contributed by atoms with Crippen molar-refractivity contribution in [2.75, 3.05) is 56.0 Å². The summed E-state index contributed by atoms with van der Waals surface area (Å²) in [4.78, 5) is 31.5. The molecule has 2 aliphatic heterocycles. The second kappa shape index (κ2) is 9.60. The minimum Gasteiger partial charge on any atom is -0.324 e. The average Bonchev–Trinajstić information content (AvgIpc) is 2.76. The second-order valence-electron chi connectivity index (χ2n) is 7.86. The predicted octanol–water partition coefficient (Wildman–Crippen LogP) is 2.88. The zero-order chi connectivity index (χ0) is 20.9. The molecular formula is C23H27ClN4O2. The third-order valence-electron chi connectivity index (χ3n) is 5.75. The van der Waals surface area contributed by atoms with Crippen LogP contribution in [0.2, 0.25) is 5.02 Å².